The molecule has 0 aliphatic heterocycles. The Hall–Kier alpha value is -2.31. The smallest absolute Gasteiger partial charge is 0.550 e. The molecule has 0 aromatic carbocycles. The zero-order valence-corrected chi connectivity index (χ0v) is 18.6. The van der Waals surface area contributed by atoms with E-state index in [0.717, 1.165) is 38.7 Å². The molecule has 2 aromatic heterocycles. The first-order valence-corrected chi connectivity index (χ1v) is 6.76. The number of carboxylic acid groups (broad SMARTS) is 4. The van der Waals surface area contributed by atoms with Gasteiger partial charge >= 0.3 is 39.0 Å². The first-order chi connectivity index (χ1) is 11.9. The van der Waals surface area contributed by atoms with E-state index in [0.29, 0.717) is 0 Å². The van der Waals surface area contributed by atoms with Crippen molar-refractivity contribution >= 4 is 34.9 Å². The zero-order valence-electron chi connectivity index (χ0n) is 15.3. The maximum Gasteiger partial charge on any atom is 2.00 e. The molecule has 28 heavy (non-hydrogen) atoms. The van der Waals surface area contributed by atoms with Crippen molar-refractivity contribution in [3.05, 3.63) is 36.7 Å². The minimum Gasteiger partial charge on any atom is -0.550 e. The van der Waals surface area contributed by atoms with Gasteiger partial charge in [-0.3, -0.25) is 0 Å². The van der Waals surface area contributed by atoms with Gasteiger partial charge in [0.1, 0.15) is 0 Å². The molecule has 0 fully saturated rings. The maximum absolute atomic E-state index is 8.89. The molecular formula is C16H18N2O8Rh2. The second-order valence-electron chi connectivity index (χ2n) is 4.02. The SMILES string of the molecule is CC(=O)[O-].CC(=O)[O-].CC(=O)[O-].CC(=O)[O-].[Rh+2].[Rh+2].c1cnc2ncccc2c1. The Bertz CT molecular complexity index is 570. The van der Waals surface area contributed by atoms with E-state index < -0.39 is 23.9 Å². The summed E-state index contributed by atoms with van der Waals surface area (Å²) in [6.07, 6.45) is 3.49. The maximum atomic E-state index is 8.89. The molecule has 12 heteroatoms. The van der Waals surface area contributed by atoms with E-state index in [2.05, 4.69) is 9.97 Å². The third-order valence-electron chi connectivity index (χ3n) is 1.38. The fourth-order valence-corrected chi connectivity index (χ4v) is 0.908. The molecule has 0 N–H and O–H groups in total. The molecule has 0 saturated carbocycles. The summed E-state index contributed by atoms with van der Waals surface area (Å²) in [5, 5.41) is 36.6. The van der Waals surface area contributed by atoms with Crippen molar-refractivity contribution in [3.8, 4) is 0 Å². The quantitative estimate of drug-likeness (QED) is 0.289. The Labute approximate surface area is 187 Å². The van der Waals surface area contributed by atoms with Crippen molar-refractivity contribution in [2.75, 3.05) is 0 Å². The van der Waals surface area contributed by atoms with E-state index in [-0.39, 0.29) is 39.0 Å². The molecule has 10 nitrogen and oxygen atoms in total. The van der Waals surface area contributed by atoms with Gasteiger partial charge in [-0.15, -0.1) is 0 Å². The van der Waals surface area contributed by atoms with Gasteiger partial charge in [-0.2, -0.15) is 0 Å². The number of hydrogen-bond donors (Lipinski definition) is 0. The molecule has 0 aliphatic rings. The van der Waals surface area contributed by atoms with Crippen LogP contribution in [-0.2, 0) is 58.1 Å². The Kier molecular flexibility index (Phi) is 32.3. The van der Waals surface area contributed by atoms with Gasteiger partial charge in [-0.25, -0.2) is 9.97 Å². The van der Waals surface area contributed by atoms with Crippen LogP contribution in [0.3, 0.4) is 0 Å². The number of fused-ring (bicyclic) bond motifs is 1. The van der Waals surface area contributed by atoms with Gasteiger partial charge in [0.2, 0.25) is 0 Å². The van der Waals surface area contributed by atoms with Gasteiger partial charge in [-0.05, 0) is 52.0 Å². The fourth-order valence-electron chi connectivity index (χ4n) is 0.908. The van der Waals surface area contributed by atoms with E-state index in [1.807, 2.05) is 24.3 Å². The largest absolute Gasteiger partial charge is 2.00 e. The summed E-state index contributed by atoms with van der Waals surface area (Å²) in [7, 11) is 0. The van der Waals surface area contributed by atoms with Gasteiger partial charge in [0.25, 0.3) is 0 Å². The third kappa shape index (κ3) is 49.5. The number of nitrogens with zero attached hydrogens (tertiary/aromatic N) is 2. The number of pyridine rings is 2. The summed E-state index contributed by atoms with van der Waals surface area (Å²) in [6, 6.07) is 7.80. The van der Waals surface area contributed by atoms with E-state index in [4.69, 9.17) is 39.6 Å². The number of carboxylic acids is 4. The summed E-state index contributed by atoms with van der Waals surface area (Å²) in [5.74, 6) is -4.33. The number of hydrogen-bond acceptors (Lipinski definition) is 10. The van der Waals surface area contributed by atoms with Gasteiger partial charge < -0.3 is 39.6 Å². The van der Waals surface area contributed by atoms with Crippen LogP contribution in [0, 0.1) is 0 Å². The molecule has 0 aliphatic carbocycles. The Morgan fingerprint density at radius 2 is 0.857 bits per heavy atom. The van der Waals surface area contributed by atoms with Gasteiger partial charge in [0.15, 0.2) is 5.65 Å². The van der Waals surface area contributed by atoms with Gasteiger partial charge in [0.05, 0.1) is 0 Å². The van der Waals surface area contributed by atoms with Crippen molar-refractivity contribution < 1.29 is 78.6 Å². The van der Waals surface area contributed by atoms with Crippen LogP contribution in [0.2, 0.25) is 0 Å². The summed E-state index contributed by atoms with van der Waals surface area (Å²) >= 11 is 0. The van der Waals surface area contributed by atoms with Crippen LogP contribution in [0.1, 0.15) is 27.7 Å². The number of carbonyl (C=O) groups is 4. The van der Waals surface area contributed by atoms with E-state index in [9.17, 15) is 0 Å². The van der Waals surface area contributed by atoms with Gasteiger partial charge in [-0.1, -0.05) is 0 Å². The first-order valence-electron chi connectivity index (χ1n) is 6.76. The third-order valence-corrected chi connectivity index (χ3v) is 1.38. The zero-order chi connectivity index (χ0) is 21.1. The fraction of sp³-hybridized carbons (Fsp3) is 0.250. The minimum absolute atomic E-state index is 0. The molecule has 2 heterocycles. The molecule has 158 valence electrons. The molecule has 0 bridgehead atoms. The Balaban J connectivity index is -0.0000000852. The number of aliphatic carboxylic acids is 4. The van der Waals surface area contributed by atoms with Crippen LogP contribution in [0.5, 0.6) is 0 Å². The van der Waals surface area contributed by atoms with Crippen LogP contribution in [0.25, 0.3) is 11.0 Å². The molecule has 2 rings (SSSR count). The van der Waals surface area contributed by atoms with Crippen LogP contribution in [-0.4, -0.2) is 33.8 Å². The molecule has 2 aromatic rings. The first kappa shape index (κ1) is 36.6. The van der Waals surface area contributed by atoms with Crippen molar-refractivity contribution in [2.45, 2.75) is 27.7 Å². The normalized spacial score (nSPS) is 7.14. The van der Waals surface area contributed by atoms with Crippen LogP contribution in [0.4, 0.5) is 0 Å². The second kappa shape index (κ2) is 24.7. The predicted molar refractivity (Wildman–Crippen MR) is 82.3 cm³/mol. The molecule has 0 unspecified atom stereocenters. The van der Waals surface area contributed by atoms with Crippen molar-refractivity contribution in [3.63, 3.8) is 0 Å². The van der Waals surface area contributed by atoms with Crippen LogP contribution < -0.4 is 20.4 Å². The number of rotatable bonds is 0. The standard InChI is InChI=1S/C8H6N2.4C2H4O2.2Rh/c1-3-7-4-2-6-10-8(7)9-5-1;4*1-2(3)4;;/h1-6H;4*1H3,(H,3,4);;/q;;;;;2*+2/p-4. The average Bonchev–Trinajstić information content (AvgIpc) is 2.45. The predicted octanol–water partition coefficient (Wildman–Crippen LogP) is -3.35. The van der Waals surface area contributed by atoms with Crippen LogP contribution in [0.15, 0.2) is 36.7 Å². The van der Waals surface area contributed by atoms with Crippen LogP contribution >= 0.6 is 0 Å². The average molecular weight is 572 g/mol. The minimum atomic E-state index is -1.08. The molecule has 0 spiro atoms. The van der Waals surface area contributed by atoms with Gasteiger partial charge in [0, 0.05) is 41.7 Å². The molecule has 2 radical (unpaired) electrons. The van der Waals surface area contributed by atoms with E-state index >= 15 is 0 Å². The van der Waals surface area contributed by atoms with Crippen molar-refractivity contribution in [1.82, 2.24) is 9.97 Å². The van der Waals surface area contributed by atoms with Crippen molar-refractivity contribution in [1.29, 1.82) is 0 Å². The Morgan fingerprint density at radius 1 is 0.643 bits per heavy atom. The monoisotopic (exact) mass is 572 g/mol. The summed E-state index contributed by atoms with van der Waals surface area (Å²) in [5.41, 5.74) is 0.810. The summed E-state index contributed by atoms with van der Waals surface area (Å²) < 4.78 is 0. The summed E-state index contributed by atoms with van der Waals surface area (Å²) in [4.78, 5) is 43.7. The topological polar surface area (TPSA) is 186 Å². The Morgan fingerprint density at radius 3 is 1.04 bits per heavy atom. The van der Waals surface area contributed by atoms with E-state index in [1.54, 1.807) is 12.4 Å². The molecule has 0 saturated heterocycles. The van der Waals surface area contributed by atoms with E-state index in [1.165, 1.54) is 0 Å². The van der Waals surface area contributed by atoms with Crippen molar-refractivity contribution in [2.24, 2.45) is 0 Å². The number of carbonyl (C=O) groups excluding carboxylic acids is 4. The molecule has 0 atom stereocenters. The summed E-state index contributed by atoms with van der Waals surface area (Å²) in [6.45, 7) is 3.89. The molecule has 0 amide bonds. The molecular weight excluding hydrogens is 554 g/mol. The number of aromatic nitrogens is 2. The second-order valence-corrected chi connectivity index (χ2v) is 4.02.